The second kappa shape index (κ2) is 9.20. The minimum absolute atomic E-state index is 0.0736. The van der Waals surface area contributed by atoms with Crippen LogP contribution in [0.15, 0.2) is 72.8 Å². The number of hydrogen-bond acceptors (Lipinski definition) is 6. The van der Waals surface area contributed by atoms with Crippen molar-refractivity contribution in [1.82, 2.24) is 10.4 Å². The third-order valence-electron chi connectivity index (χ3n) is 6.65. The molecule has 5 rings (SSSR count). The first-order valence-electron chi connectivity index (χ1n) is 12.0. The highest BCUT2D eigenvalue weighted by Gasteiger charge is 2.42. The smallest absolute Gasteiger partial charge is 0.407 e. The van der Waals surface area contributed by atoms with Crippen LogP contribution in [0.1, 0.15) is 58.5 Å². The van der Waals surface area contributed by atoms with E-state index in [1.54, 1.807) is 32.9 Å². The molecule has 0 spiro atoms. The third-order valence-corrected chi connectivity index (χ3v) is 6.65. The molecule has 0 saturated carbocycles. The number of fused-ring (bicyclic) bond motifs is 4. The van der Waals surface area contributed by atoms with Crippen molar-refractivity contribution in [3.63, 3.8) is 0 Å². The molecular weight excluding hydrogens is 472 g/mol. The van der Waals surface area contributed by atoms with E-state index >= 15 is 0 Å². The molecule has 188 valence electrons. The van der Waals surface area contributed by atoms with Crippen molar-refractivity contribution >= 4 is 23.9 Å². The van der Waals surface area contributed by atoms with E-state index in [1.807, 2.05) is 48.5 Å². The summed E-state index contributed by atoms with van der Waals surface area (Å²) in [5.41, 5.74) is 3.83. The van der Waals surface area contributed by atoms with Crippen molar-refractivity contribution in [2.24, 2.45) is 5.41 Å². The Bertz CT molecular complexity index is 1340. The summed E-state index contributed by atoms with van der Waals surface area (Å²) in [6.45, 7) is 5.26. The number of amides is 3. The Morgan fingerprint density at radius 2 is 1.27 bits per heavy atom. The molecule has 8 heteroatoms. The Hall–Kier alpha value is -4.46. The minimum Gasteiger partial charge on any atom is -0.449 e. The summed E-state index contributed by atoms with van der Waals surface area (Å²) in [6.07, 6.45) is -0.805. The standard InChI is InChI=1S/C29H26N2O6/c1-29(2,3)24(27(34)37-31-25(32)21-14-8-9-15-22(21)26(31)33)30-28(35)36-16-23-19-12-6-4-10-17(19)18-11-5-7-13-20(18)23/h4-15,23-24H,16H2,1-3H3,(H,30,35)/t24-/m1/s1. The normalized spacial score (nSPS) is 15.1. The molecule has 1 heterocycles. The van der Waals surface area contributed by atoms with E-state index in [4.69, 9.17) is 9.57 Å². The van der Waals surface area contributed by atoms with E-state index in [2.05, 4.69) is 5.32 Å². The quantitative estimate of drug-likeness (QED) is 0.512. The van der Waals surface area contributed by atoms with Crippen molar-refractivity contribution < 1.29 is 28.8 Å². The first-order valence-corrected chi connectivity index (χ1v) is 12.0. The highest BCUT2D eigenvalue weighted by molar-refractivity contribution is 6.21. The molecule has 0 unspecified atom stereocenters. The van der Waals surface area contributed by atoms with Gasteiger partial charge in [0.2, 0.25) is 0 Å². The zero-order valence-electron chi connectivity index (χ0n) is 20.7. The van der Waals surface area contributed by atoms with Gasteiger partial charge in [-0.05, 0) is 39.8 Å². The number of nitrogens with zero attached hydrogens (tertiary/aromatic N) is 1. The topological polar surface area (TPSA) is 102 Å². The predicted octanol–water partition coefficient (Wildman–Crippen LogP) is 4.69. The van der Waals surface area contributed by atoms with Gasteiger partial charge < -0.3 is 14.9 Å². The Kier molecular flexibility index (Phi) is 6.03. The number of ether oxygens (including phenoxy) is 1. The molecule has 3 aromatic rings. The molecule has 0 saturated heterocycles. The summed E-state index contributed by atoms with van der Waals surface area (Å²) < 4.78 is 5.57. The van der Waals surface area contributed by atoms with E-state index in [9.17, 15) is 19.2 Å². The van der Waals surface area contributed by atoms with E-state index < -0.39 is 35.3 Å². The van der Waals surface area contributed by atoms with Crippen molar-refractivity contribution in [2.75, 3.05) is 6.61 Å². The molecule has 0 bridgehead atoms. The van der Waals surface area contributed by atoms with Crippen molar-refractivity contribution in [1.29, 1.82) is 0 Å². The van der Waals surface area contributed by atoms with Crippen LogP contribution in [0.25, 0.3) is 11.1 Å². The molecule has 2 aliphatic rings. The van der Waals surface area contributed by atoms with Crippen LogP contribution >= 0.6 is 0 Å². The largest absolute Gasteiger partial charge is 0.449 e. The summed E-state index contributed by atoms with van der Waals surface area (Å²) in [4.78, 5) is 56.3. The second-order valence-electron chi connectivity index (χ2n) is 10.1. The van der Waals surface area contributed by atoms with Crippen LogP contribution < -0.4 is 5.32 Å². The summed E-state index contributed by atoms with van der Waals surface area (Å²) in [6, 6.07) is 21.0. The van der Waals surface area contributed by atoms with Crippen LogP contribution in [0.5, 0.6) is 0 Å². The van der Waals surface area contributed by atoms with Gasteiger partial charge in [0.15, 0.2) is 0 Å². The van der Waals surface area contributed by atoms with Crippen LogP contribution in [0.4, 0.5) is 4.79 Å². The SMILES string of the molecule is CC(C)(C)[C@H](NC(=O)OCC1c2ccccc2-c2ccccc21)C(=O)ON1C(=O)c2ccccc2C1=O. The molecule has 0 fully saturated rings. The predicted molar refractivity (Wildman–Crippen MR) is 134 cm³/mol. The average Bonchev–Trinajstić information content (AvgIpc) is 3.33. The lowest BCUT2D eigenvalue weighted by atomic mass is 9.87. The van der Waals surface area contributed by atoms with Crippen molar-refractivity contribution in [3.05, 3.63) is 95.1 Å². The number of rotatable bonds is 5. The number of benzene rings is 3. The van der Waals surface area contributed by atoms with E-state index in [1.165, 1.54) is 12.1 Å². The van der Waals surface area contributed by atoms with Crippen molar-refractivity contribution in [3.8, 4) is 11.1 Å². The summed E-state index contributed by atoms with van der Waals surface area (Å²) >= 11 is 0. The summed E-state index contributed by atoms with van der Waals surface area (Å²) in [5, 5.41) is 3.00. The summed E-state index contributed by atoms with van der Waals surface area (Å²) in [5.74, 6) is -2.56. The molecule has 0 radical (unpaired) electrons. The van der Waals surface area contributed by atoms with Gasteiger partial charge in [0.05, 0.1) is 11.1 Å². The number of alkyl carbamates (subject to hydrolysis) is 1. The zero-order valence-corrected chi connectivity index (χ0v) is 20.7. The third kappa shape index (κ3) is 4.35. The fourth-order valence-electron chi connectivity index (χ4n) is 4.78. The van der Waals surface area contributed by atoms with Crippen LogP contribution in [0, 0.1) is 5.41 Å². The zero-order chi connectivity index (χ0) is 26.3. The number of hydroxylamine groups is 2. The monoisotopic (exact) mass is 498 g/mol. The molecule has 1 atom stereocenters. The van der Waals surface area contributed by atoms with E-state index in [0.29, 0.717) is 5.06 Å². The van der Waals surface area contributed by atoms with Gasteiger partial charge in [-0.1, -0.05) is 86.5 Å². The molecule has 0 aromatic heterocycles. The number of nitrogens with one attached hydrogen (secondary N) is 1. The van der Waals surface area contributed by atoms with Crippen LogP contribution in [0.3, 0.4) is 0 Å². The Morgan fingerprint density at radius 1 is 0.811 bits per heavy atom. The van der Waals surface area contributed by atoms with Gasteiger partial charge in [0, 0.05) is 5.92 Å². The van der Waals surface area contributed by atoms with Crippen LogP contribution in [-0.2, 0) is 14.4 Å². The number of carbonyl (C=O) groups excluding carboxylic acids is 4. The molecule has 8 nitrogen and oxygen atoms in total. The van der Waals surface area contributed by atoms with Gasteiger partial charge in [-0.15, -0.1) is 0 Å². The molecule has 1 aliphatic carbocycles. The Balaban J connectivity index is 1.27. The highest BCUT2D eigenvalue weighted by Crippen LogP contribution is 2.44. The Labute approximate surface area is 214 Å². The number of hydrogen-bond donors (Lipinski definition) is 1. The maximum atomic E-state index is 13.1. The first-order chi connectivity index (χ1) is 17.7. The highest BCUT2D eigenvalue weighted by atomic mass is 16.7. The molecule has 1 aliphatic heterocycles. The van der Waals surface area contributed by atoms with Gasteiger partial charge >= 0.3 is 12.1 Å². The van der Waals surface area contributed by atoms with Gasteiger partial charge in [-0.2, -0.15) is 0 Å². The fraction of sp³-hybridized carbons (Fsp3) is 0.241. The molecule has 37 heavy (non-hydrogen) atoms. The van der Waals surface area contributed by atoms with E-state index in [-0.39, 0.29) is 23.7 Å². The maximum absolute atomic E-state index is 13.1. The number of imide groups is 1. The lowest BCUT2D eigenvalue weighted by Crippen LogP contribution is -2.52. The van der Waals surface area contributed by atoms with Gasteiger partial charge in [0.1, 0.15) is 12.6 Å². The van der Waals surface area contributed by atoms with E-state index in [0.717, 1.165) is 22.3 Å². The maximum Gasteiger partial charge on any atom is 0.407 e. The van der Waals surface area contributed by atoms with Crippen molar-refractivity contribution in [2.45, 2.75) is 32.7 Å². The van der Waals surface area contributed by atoms with Crippen LogP contribution in [0.2, 0.25) is 0 Å². The fourth-order valence-corrected chi connectivity index (χ4v) is 4.78. The molecule has 3 aromatic carbocycles. The summed E-state index contributed by atoms with van der Waals surface area (Å²) in [7, 11) is 0. The van der Waals surface area contributed by atoms with Gasteiger partial charge in [0.25, 0.3) is 11.8 Å². The van der Waals surface area contributed by atoms with Crippen LogP contribution in [-0.4, -0.2) is 41.6 Å². The Morgan fingerprint density at radius 3 is 1.76 bits per heavy atom. The molecule has 1 N–H and O–H groups in total. The van der Waals surface area contributed by atoms with Gasteiger partial charge in [-0.25, -0.2) is 9.59 Å². The first kappa shape index (κ1) is 24.2. The molecular formula is C29H26N2O6. The lowest BCUT2D eigenvalue weighted by molar-refractivity contribution is -0.173. The number of carbonyl (C=O) groups is 4. The minimum atomic E-state index is -1.19. The average molecular weight is 499 g/mol. The van der Waals surface area contributed by atoms with Gasteiger partial charge in [-0.3, -0.25) is 9.59 Å². The second-order valence-corrected chi connectivity index (χ2v) is 10.1. The lowest BCUT2D eigenvalue weighted by Gasteiger charge is -2.30. The molecule has 3 amide bonds.